The number of benzene rings is 2. The van der Waals surface area contributed by atoms with Crippen LogP contribution in [0.5, 0.6) is 0 Å². The van der Waals surface area contributed by atoms with Crippen LogP contribution >= 0.6 is 11.6 Å². The zero-order chi connectivity index (χ0) is 20.3. The van der Waals surface area contributed by atoms with Crippen molar-refractivity contribution < 1.29 is 18.1 Å². The molecule has 2 aromatic carbocycles. The number of amides is 1. The second-order valence-electron chi connectivity index (χ2n) is 6.36. The molecule has 0 heterocycles. The van der Waals surface area contributed by atoms with E-state index in [0.717, 1.165) is 43.0 Å². The Balaban J connectivity index is 1.79. The molecule has 2 aromatic rings. The number of hydrogen-bond acceptors (Lipinski definition) is 5. The molecule has 0 unspecified atom stereocenters. The van der Waals surface area contributed by atoms with Gasteiger partial charge in [0.05, 0.1) is 9.82 Å². The van der Waals surface area contributed by atoms with Crippen molar-refractivity contribution in [2.45, 2.75) is 30.6 Å². The third-order valence-corrected chi connectivity index (χ3v) is 6.11. The van der Waals surface area contributed by atoms with E-state index < -0.39 is 31.4 Å². The van der Waals surface area contributed by atoms with Crippen molar-refractivity contribution >= 4 is 38.8 Å². The van der Waals surface area contributed by atoms with Crippen LogP contribution in [-0.2, 0) is 10.0 Å². The fourth-order valence-electron chi connectivity index (χ4n) is 2.98. The molecule has 0 bridgehead atoms. The van der Waals surface area contributed by atoms with Crippen LogP contribution in [0.25, 0.3) is 5.57 Å². The number of allylic oxidation sites excluding steroid dienone is 2. The van der Waals surface area contributed by atoms with Crippen molar-refractivity contribution in [2.75, 3.05) is 0 Å². The largest absolute Gasteiger partial charge is 0.289 e. The maximum absolute atomic E-state index is 12.4. The predicted molar refractivity (Wildman–Crippen MR) is 106 cm³/mol. The number of nitro benzene ring substituents is 1. The van der Waals surface area contributed by atoms with E-state index in [1.165, 1.54) is 12.0 Å². The summed E-state index contributed by atoms with van der Waals surface area (Å²) in [4.78, 5) is 22.1. The van der Waals surface area contributed by atoms with E-state index in [1.807, 2.05) is 4.72 Å². The normalized spacial score (nSPS) is 14.2. The number of carbonyl (C=O) groups is 1. The zero-order valence-corrected chi connectivity index (χ0v) is 16.3. The second kappa shape index (κ2) is 8.12. The molecule has 0 atom stereocenters. The summed E-state index contributed by atoms with van der Waals surface area (Å²) in [5.74, 6) is -0.818. The Morgan fingerprint density at radius 1 is 1.11 bits per heavy atom. The molecule has 0 aliphatic heterocycles. The number of nitrogens with one attached hydrogen (secondary N) is 1. The molecule has 7 nitrogen and oxygen atoms in total. The summed E-state index contributed by atoms with van der Waals surface area (Å²) in [5.41, 5.74) is 1.85. The van der Waals surface area contributed by atoms with Crippen LogP contribution in [0.2, 0.25) is 5.02 Å². The SMILES string of the molecule is O=C(NS(=O)(=O)c1ccc(Cl)c([N+](=O)[O-])c1)c1ccc(C2=CCCCC2)cc1. The highest BCUT2D eigenvalue weighted by atomic mass is 35.5. The van der Waals surface area contributed by atoms with Crippen molar-refractivity contribution in [3.63, 3.8) is 0 Å². The zero-order valence-electron chi connectivity index (χ0n) is 14.7. The summed E-state index contributed by atoms with van der Waals surface area (Å²) in [6, 6.07) is 9.70. The fourth-order valence-corrected chi connectivity index (χ4v) is 4.16. The number of sulfonamides is 1. The molecule has 28 heavy (non-hydrogen) atoms. The summed E-state index contributed by atoms with van der Waals surface area (Å²) in [6.45, 7) is 0. The minimum atomic E-state index is -4.29. The van der Waals surface area contributed by atoms with E-state index in [9.17, 15) is 23.3 Å². The molecule has 0 saturated heterocycles. The average molecular weight is 421 g/mol. The van der Waals surface area contributed by atoms with Crippen molar-refractivity contribution in [2.24, 2.45) is 0 Å². The molecule has 0 spiro atoms. The van der Waals surface area contributed by atoms with Gasteiger partial charge in [-0.25, -0.2) is 13.1 Å². The Bertz CT molecular complexity index is 1060. The Labute approximate surface area is 167 Å². The maximum Gasteiger partial charge on any atom is 0.289 e. The molecule has 0 fully saturated rings. The first-order valence-corrected chi connectivity index (χ1v) is 10.4. The molecule has 0 aromatic heterocycles. The summed E-state index contributed by atoms with van der Waals surface area (Å²) >= 11 is 5.69. The average Bonchev–Trinajstić information content (AvgIpc) is 2.68. The van der Waals surface area contributed by atoms with Crippen molar-refractivity contribution in [3.05, 3.63) is 74.8 Å². The van der Waals surface area contributed by atoms with Crippen LogP contribution in [-0.4, -0.2) is 19.2 Å². The summed E-state index contributed by atoms with van der Waals surface area (Å²) in [5, 5.41) is 10.7. The first kappa shape index (κ1) is 20.0. The summed E-state index contributed by atoms with van der Waals surface area (Å²) in [7, 11) is -4.29. The van der Waals surface area contributed by atoms with Crippen LogP contribution in [0.4, 0.5) is 5.69 Å². The number of hydrogen-bond donors (Lipinski definition) is 1. The maximum atomic E-state index is 12.4. The molecule has 9 heteroatoms. The Morgan fingerprint density at radius 2 is 1.82 bits per heavy atom. The fraction of sp³-hybridized carbons (Fsp3) is 0.211. The first-order chi connectivity index (χ1) is 13.3. The van der Waals surface area contributed by atoms with E-state index in [4.69, 9.17) is 11.6 Å². The molecular formula is C19H17ClN2O5S. The number of rotatable bonds is 5. The van der Waals surface area contributed by atoms with Crippen LogP contribution < -0.4 is 4.72 Å². The van der Waals surface area contributed by atoms with Gasteiger partial charge in [0.15, 0.2) is 0 Å². The Kier molecular flexibility index (Phi) is 5.81. The van der Waals surface area contributed by atoms with E-state index in [1.54, 1.807) is 24.3 Å². The Morgan fingerprint density at radius 3 is 2.43 bits per heavy atom. The molecule has 1 N–H and O–H groups in total. The van der Waals surface area contributed by atoms with Crippen molar-refractivity contribution in [3.8, 4) is 0 Å². The van der Waals surface area contributed by atoms with Gasteiger partial charge >= 0.3 is 0 Å². The van der Waals surface area contributed by atoms with Gasteiger partial charge in [0.25, 0.3) is 21.6 Å². The van der Waals surface area contributed by atoms with Gasteiger partial charge in [-0.05, 0) is 61.1 Å². The third kappa shape index (κ3) is 4.40. The molecule has 3 rings (SSSR count). The monoisotopic (exact) mass is 420 g/mol. The van der Waals surface area contributed by atoms with E-state index in [2.05, 4.69) is 6.08 Å². The number of carbonyl (C=O) groups excluding carboxylic acids is 1. The van der Waals surface area contributed by atoms with E-state index >= 15 is 0 Å². The summed E-state index contributed by atoms with van der Waals surface area (Å²) < 4.78 is 26.7. The summed E-state index contributed by atoms with van der Waals surface area (Å²) in [6.07, 6.45) is 6.49. The van der Waals surface area contributed by atoms with Crippen LogP contribution in [0.1, 0.15) is 41.6 Å². The van der Waals surface area contributed by atoms with Gasteiger partial charge in [0, 0.05) is 11.6 Å². The Hall–Kier alpha value is -2.71. The van der Waals surface area contributed by atoms with Crippen LogP contribution in [0.3, 0.4) is 0 Å². The lowest BCUT2D eigenvalue weighted by atomic mass is 9.93. The van der Waals surface area contributed by atoms with Gasteiger partial charge in [0.1, 0.15) is 5.02 Å². The first-order valence-electron chi connectivity index (χ1n) is 8.58. The van der Waals surface area contributed by atoms with E-state index in [-0.39, 0.29) is 10.6 Å². The highest BCUT2D eigenvalue weighted by molar-refractivity contribution is 7.90. The highest BCUT2D eigenvalue weighted by Gasteiger charge is 2.23. The number of halogens is 1. The molecule has 146 valence electrons. The van der Waals surface area contributed by atoms with Crippen molar-refractivity contribution in [1.82, 2.24) is 4.72 Å². The third-order valence-electron chi connectivity index (χ3n) is 4.46. The smallest absolute Gasteiger partial charge is 0.268 e. The molecule has 0 saturated carbocycles. The number of nitro groups is 1. The lowest BCUT2D eigenvalue weighted by Crippen LogP contribution is -2.30. The van der Waals surface area contributed by atoms with Gasteiger partial charge in [-0.1, -0.05) is 29.8 Å². The topological polar surface area (TPSA) is 106 Å². The van der Waals surface area contributed by atoms with Gasteiger partial charge in [0.2, 0.25) is 0 Å². The molecule has 0 radical (unpaired) electrons. The van der Waals surface area contributed by atoms with Crippen LogP contribution in [0.15, 0.2) is 53.4 Å². The minimum Gasteiger partial charge on any atom is -0.268 e. The van der Waals surface area contributed by atoms with Gasteiger partial charge in [-0.3, -0.25) is 14.9 Å². The molecular weight excluding hydrogens is 404 g/mol. The number of nitrogens with zero attached hydrogens (tertiary/aromatic N) is 1. The standard InChI is InChI=1S/C19H17ClN2O5S/c20-17-11-10-16(12-18(17)22(24)25)28(26,27)21-19(23)15-8-6-14(7-9-15)13-4-2-1-3-5-13/h4,6-12H,1-3,5H2,(H,21,23). The predicted octanol–water partition coefficient (Wildman–Crippen LogP) is 4.32. The molecule has 1 aliphatic rings. The quantitative estimate of drug-likeness (QED) is 0.572. The molecule has 1 aliphatic carbocycles. The van der Waals surface area contributed by atoms with Gasteiger partial charge < -0.3 is 0 Å². The lowest BCUT2D eigenvalue weighted by Gasteiger charge is -2.13. The van der Waals surface area contributed by atoms with Gasteiger partial charge in [-0.15, -0.1) is 0 Å². The van der Waals surface area contributed by atoms with E-state index in [0.29, 0.717) is 0 Å². The van der Waals surface area contributed by atoms with Crippen LogP contribution in [0, 0.1) is 10.1 Å². The van der Waals surface area contributed by atoms with Gasteiger partial charge in [-0.2, -0.15) is 0 Å². The lowest BCUT2D eigenvalue weighted by molar-refractivity contribution is -0.384. The highest BCUT2D eigenvalue weighted by Crippen LogP contribution is 2.28. The second-order valence-corrected chi connectivity index (χ2v) is 8.45. The molecule has 1 amide bonds. The minimum absolute atomic E-state index is 0.173. The van der Waals surface area contributed by atoms with Crippen molar-refractivity contribution in [1.29, 1.82) is 0 Å².